The summed E-state index contributed by atoms with van der Waals surface area (Å²) in [4.78, 5) is 12.9. The Morgan fingerprint density at radius 3 is 2.26 bits per heavy atom. The fourth-order valence-corrected chi connectivity index (χ4v) is 5.12. The summed E-state index contributed by atoms with van der Waals surface area (Å²) in [6.07, 6.45) is -16.5. The number of carbonyl (C=O) groups excluding carboxylic acids is 1. The topological polar surface area (TPSA) is 245 Å². The molecule has 5 rings (SSSR count). The molecule has 2 aromatic carbocycles. The quantitative estimate of drug-likeness (QED) is 0.173. The number of phenolic OH excluding ortho intramolecular Hbond substituents is 3. The Kier molecular flexibility index (Phi) is 8.48. The largest absolute Gasteiger partial charge is 0.507 e. The van der Waals surface area contributed by atoms with Gasteiger partial charge in [0.1, 0.15) is 65.5 Å². The summed E-state index contributed by atoms with van der Waals surface area (Å²) in [5.41, 5.74) is 0.234. The van der Waals surface area contributed by atoms with Crippen LogP contribution in [0.25, 0.3) is 0 Å². The number of ether oxygens (including phenoxy) is 5. The number of fused-ring (bicyclic) bond motifs is 1. The molecule has 0 spiro atoms. The number of hydrogen-bond acceptors (Lipinski definition) is 15. The lowest BCUT2D eigenvalue weighted by Gasteiger charge is -2.45. The predicted octanol–water partition coefficient (Wildman–Crippen LogP) is -1.46. The molecule has 0 aliphatic carbocycles. The van der Waals surface area contributed by atoms with Crippen molar-refractivity contribution in [2.45, 2.75) is 80.9 Å². The molecule has 2 fully saturated rings. The normalized spacial score (nSPS) is 36.6. The van der Waals surface area contributed by atoms with Crippen molar-refractivity contribution >= 4 is 5.78 Å². The fraction of sp³-hybridized carbons (Fsp3) is 0.519. The van der Waals surface area contributed by atoms with Gasteiger partial charge in [0.05, 0.1) is 19.1 Å². The molecule has 42 heavy (non-hydrogen) atoms. The van der Waals surface area contributed by atoms with Crippen molar-refractivity contribution in [3.8, 4) is 28.7 Å². The number of rotatable bonds is 6. The SMILES string of the molecule is C[C@@H]1O[C@@H](O[C@H]2[C@H](Oc3cc(O)c4c(c3)O[C@H](c3ccc(O)c(O)c3)CC4=O)O[C@@H](CO)[C@@H](O)[C@H]2O)[C@@H](O)[C@@H](O)[C@H]1O. The number of Topliss-reactive ketones (excluding diaryl/α,β-unsaturated/α-hetero) is 1. The van der Waals surface area contributed by atoms with Crippen molar-refractivity contribution in [3.63, 3.8) is 0 Å². The summed E-state index contributed by atoms with van der Waals surface area (Å²) in [5, 5.41) is 91.6. The summed E-state index contributed by atoms with van der Waals surface area (Å²) < 4.78 is 28.4. The third-order valence-corrected chi connectivity index (χ3v) is 7.52. The summed E-state index contributed by atoms with van der Waals surface area (Å²) in [6.45, 7) is 0.683. The monoisotopic (exact) mass is 596 g/mol. The van der Waals surface area contributed by atoms with Crippen molar-refractivity contribution in [1.29, 1.82) is 0 Å². The van der Waals surface area contributed by atoms with E-state index in [0.717, 1.165) is 6.07 Å². The highest BCUT2D eigenvalue weighted by Gasteiger charge is 2.51. The number of carbonyl (C=O) groups is 1. The molecule has 0 amide bonds. The van der Waals surface area contributed by atoms with Gasteiger partial charge in [0, 0.05) is 12.1 Å². The van der Waals surface area contributed by atoms with Crippen LogP contribution in [-0.2, 0) is 14.2 Å². The number of hydrogen-bond donors (Lipinski definition) is 9. The molecule has 3 heterocycles. The van der Waals surface area contributed by atoms with Gasteiger partial charge in [-0.3, -0.25) is 4.79 Å². The van der Waals surface area contributed by atoms with E-state index in [2.05, 4.69) is 0 Å². The molecule has 0 bridgehead atoms. The first-order chi connectivity index (χ1) is 19.9. The summed E-state index contributed by atoms with van der Waals surface area (Å²) in [6, 6.07) is 6.25. The molecule has 15 nitrogen and oxygen atoms in total. The first-order valence-corrected chi connectivity index (χ1v) is 13.1. The highest BCUT2D eigenvalue weighted by Crippen LogP contribution is 2.43. The molecule has 2 saturated heterocycles. The third-order valence-electron chi connectivity index (χ3n) is 7.52. The molecule has 11 atom stereocenters. The van der Waals surface area contributed by atoms with Crippen LogP contribution in [0.15, 0.2) is 30.3 Å². The van der Waals surface area contributed by atoms with E-state index in [0.29, 0.717) is 5.56 Å². The number of phenols is 3. The molecule has 3 aliphatic heterocycles. The maximum atomic E-state index is 12.9. The zero-order valence-corrected chi connectivity index (χ0v) is 22.1. The molecular formula is C27H32O15. The molecule has 230 valence electrons. The van der Waals surface area contributed by atoms with Crippen molar-refractivity contribution < 1.29 is 74.4 Å². The minimum Gasteiger partial charge on any atom is -0.507 e. The van der Waals surface area contributed by atoms with Crippen molar-refractivity contribution in [1.82, 2.24) is 0 Å². The van der Waals surface area contributed by atoms with Crippen LogP contribution >= 0.6 is 0 Å². The van der Waals surface area contributed by atoms with E-state index in [-0.39, 0.29) is 29.2 Å². The third kappa shape index (κ3) is 5.58. The number of ketones is 1. The van der Waals surface area contributed by atoms with Gasteiger partial charge in [-0.15, -0.1) is 0 Å². The van der Waals surface area contributed by atoms with Gasteiger partial charge in [-0.2, -0.15) is 0 Å². The van der Waals surface area contributed by atoms with Crippen LogP contribution in [0.5, 0.6) is 28.7 Å². The Morgan fingerprint density at radius 1 is 0.833 bits per heavy atom. The summed E-state index contributed by atoms with van der Waals surface area (Å²) >= 11 is 0. The van der Waals surface area contributed by atoms with Gasteiger partial charge >= 0.3 is 0 Å². The molecular weight excluding hydrogens is 564 g/mol. The van der Waals surface area contributed by atoms with Crippen LogP contribution < -0.4 is 9.47 Å². The summed E-state index contributed by atoms with van der Waals surface area (Å²) in [5.74, 6) is -2.02. The minimum atomic E-state index is -1.77. The zero-order valence-electron chi connectivity index (χ0n) is 22.1. The molecule has 0 unspecified atom stereocenters. The highest BCUT2D eigenvalue weighted by atomic mass is 16.8. The summed E-state index contributed by atoms with van der Waals surface area (Å²) in [7, 11) is 0. The van der Waals surface area contributed by atoms with E-state index in [1.807, 2.05) is 0 Å². The van der Waals surface area contributed by atoms with E-state index < -0.39 is 91.4 Å². The van der Waals surface area contributed by atoms with Crippen molar-refractivity contribution in [2.24, 2.45) is 0 Å². The number of benzene rings is 2. The highest BCUT2D eigenvalue weighted by molar-refractivity contribution is 6.02. The lowest BCUT2D eigenvalue weighted by atomic mass is 9.95. The lowest BCUT2D eigenvalue weighted by molar-refractivity contribution is -0.354. The van der Waals surface area contributed by atoms with Crippen LogP contribution in [0.3, 0.4) is 0 Å². The zero-order chi connectivity index (χ0) is 30.5. The van der Waals surface area contributed by atoms with E-state index in [1.165, 1.54) is 31.2 Å². The number of aromatic hydroxyl groups is 3. The predicted molar refractivity (Wildman–Crippen MR) is 136 cm³/mol. The molecule has 2 aromatic rings. The molecule has 3 aliphatic rings. The molecule has 0 saturated carbocycles. The fourth-order valence-electron chi connectivity index (χ4n) is 5.12. The van der Waals surface area contributed by atoms with Gasteiger partial charge < -0.3 is 69.6 Å². The Balaban J connectivity index is 1.42. The van der Waals surface area contributed by atoms with Crippen LogP contribution in [0, 0.1) is 0 Å². The second kappa shape index (κ2) is 11.8. The number of aliphatic hydroxyl groups is 6. The van der Waals surface area contributed by atoms with Gasteiger partial charge in [0.2, 0.25) is 6.29 Å². The average Bonchev–Trinajstić information content (AvgIpc) is 2.95. The Morgan fingerprint density at radius 2 is 1.57 bits per heavy atom. The first-order valence-electron chi connectivity index (χ1n) is 13.1. The van der Waals surface area contributed by atoms with Crippen molar-refractivity contribution in [2.75, 3.05) is 6.61 Å². The second-order valence-corrected chi connectivity index (χ2v) is 10.4. The Labute approximate surface area is 238 Å². The lowest BCUT2D eigenvalue weighted by Crippen LogP contribution is -2.64. The van der Waals surface area contributed by atoms with E-state index in [4.69, 9.17) is 23.7 Å². The maximum absolute atomic E-state index is 12.9. The molecule has 15 heteroatoms. The van der Waals surface area contributed by atoms with Crippen molar-refractivity contribution in [3.05, 3.63) is 41.5 Å². The average molecular weight is 597 g/mol. The molecule has 9 N–H and O–H groups in total. The van der Waals surface area contributed by atoms with Gasteiger partial charge in [0.25, 0.3) is 0 Å². The number of aliphatic hydroxyl groups excluding tert-OH is 6. The Bertz CT molecular complexity index is 1300. The van der Waals surface area contributed by atoms with Crippen LogP contribution in [0.2, 0.25) is 0 Å². The van der Waals surface area contributed by atoms with Crippen LogP contribution in [0.1, 0.15) is 35.4 Å². The molecule has 0 radical (unpaired) electrons. The van der Waals surface area contributed by atoms with Gasteiger partial charge in [-0.1, -0.05) is 6.07 Å². The standard InChI is InChI=1S/C27H32O15/c1-9-20(33)22(35)24(37)26(38-9)42-25-23(36)21(34)18(8-28)41-27(25)39-11-5-14(31)19-15(32)7-16(40-17(19)6-11)10-2-3-12(29)13(30)4-10/h2-6,9,16,18,20-31,33-37H,7-8H2,1H3/t9-,16-,18-,20-,21+,22-,23+,24-,25+,26-,27+/m0/s1. The van der Waals surface area contributed by atoms with E-state index >= 15 is 0 Å². The van der Waals surface area contributed by atoms with E-state index in [1.54, 1.807) is 0 Å². The second-order valence-electron chi connectivity index (χ2n) is 10.4. The van der Waals surface area contributed by atoms with Crippen LogP contribution in [0.4, 0.5) is 0 Å². The smallest absolute Gasteiger partial charge is 0.229 e. The minimum absolute atomic E-state index is 0.0941. The first kappa shape index (κ1) is 30.2. The van der Waals surface area contributed by atoms with Gasteiger partial charge in [0.15, 0.2) is 29.7 Å². The Hall–Kier alpha value is -3.25. The maximum Gasteiger partial charge on any atom is 0.229 e. The van der Waals surface area contributed by atoms with Gasteiger partial charge in [-0.05, 0) is 24.6 Å². The molecule has 0 aromatic heterocycles. The van der Waals surface area contributed by atoms with Gasteiger partial charge in [-0.25, -0.2) is 0 Å². The van der Waals surface area contributed by atoms with E-state index in [9.17, 15) is 50.8 Å². The van der Waals surface area contributed by atoms with Crippen LogP contribution in [-0.4, -0.2) is 120 Å².